The molecule has 18 heavy (non-hydrogen) atoms. The molecule has 0 aliphatic heterocycles. The Morgan fingerprint density at radius 3 is 2.78 bits per heavy atom. The van der Waals surface area contributed by atoms with Gasteiger partial charge in [0.1, 0.15) is 5.82 Å². The maximum absolute atomic E-state index is 11.9. The molecule has 3 N–H and O–H groups in total. The molecule has 1 aromatic rings. The van der Waals surface area contributed by atoms with Gasteiger partial charge < -0.3 is 10.3 Å². The minimum absolute atomic E-state index is 0.136. The van der Waals surface area contributed by atoms with E-state index in [-0.39, 0.29) is 11.8 Å². The van der Waals surface area contributed by atoms with Gasteiger partial charge in [-0.25, -0.2) is 18.1 Å². The van der Waals surface area contributed by atoms with Crippen molar-refractivity contribution in [3.8, 4) is 0 Å². The van der Waals surface area contributed by atoms with Crippen LogP contribution in [0.5, 0.6) is 0 Å². The minimum Gasteiger partial charge on any atom is -0.347 e. The fourth-order valence-corrected chi connectivity index (χ4v) is 2.99. The van der Waals surface area contributed by atoms with Crippen LogP contribution in [0, 0.1) is 0 Å². The van der Waals surface area contributed by atoms with Crippen molar-refractivity contribution in [3.63, 3.8) is 0 Å². The van der Waals surface area contributed by atoms with Gasteiger partial charge in [0, 0.05) is 12.4 Å². The molecule has 1 heterocycles. The van der Waals surface area contributed by atoms with E-state index in [1.54, 1.807) is 12.4 Å². The third kappa shape index (κ3) is 5.16. The van der Waals surface area contributed by atoms with Crippen LogP contribution in [0.15, 0.2) is 12.4 Å². The van der Waals surface area contributed by atoms with Crippen LogP contribution >= 0.6 is 0 Å². The lowest BCUT2D eigenvalue weighted by atomic mass is 10.2. The SMILES string of the molecule is CCNCCCS(=O)(=O)NC(CC)c1ncc[nH]1. The molecule has 0 aliphatic carbocycles. The number of hydrogen-bond donors (Lipinski definition) is 3. The molecule has 1 rings (SSSR count). The van der Waals surface area contributed by atoms with Crippen LogP contribution in [0.3, 0.4) is 0 Å². The van der Waals surface area contributed by atoms with Crippen LogP contribution < -0.4 is 10.0 Å². The lowest BCUT2D eigenvalue weighted by Crippen LogP contribution is -2.32. The lowest BCUT2D eigenvalue weighted by Gasteiger charge is -2.14. The zero-order chi connectivity index (χ0) is 13.4. The molecule has 0 aliphatic rings. The van der Waals surface area contributed by atoms with Gasteiger partial charge in [0.25, 0.3) is 0 Å². The van der Waals surface area contributed by atoms with Crippen molar-refractivity contribution in [1.29, 1.82) is 0 Å². The largest absolute Gasteiger partial charge is 0.347 e. The molecule has 0 radical (unpaired) electrons. The second kappa shape index (κ2) is 7.50. The van der Waals surface area contributed by atoms with Gasteiger partial charge >= 0.3 is 0 Å². The summed E-state index contributed by atoms with van der Waals surface area (Å²) >= 11 is 0. The summed E-state index contributed by atoms with van der Waals surface area (Å²) < 4.78 is 26.4. The summed E-state index contributed by atoms with van der Waals surface area (Å²) in [6, 6.07) is -0.274. The molecular formula is C11H22N4O2S. The van der Waals surface area contributed by atoms with Gasteiger partial charge in [-0.3, -0.25) is 0 Å². The summed E-state index contributed by atoms with van der Waals surface area (Å²) in [5, 5.41) is 3.10. The number of aromatic nitrogens is 2. The summed E-state index contributed by atoms with van der Waals surface area (Å²) in [5.74, 6) is 0.796. The zero-order valence-corrected chi connectivity index (χ0v) is 11.8. The summed E-state index contributed by atoms with van der Waals surface area (Å²) in [4.78, 5) is 7.02. The van der Waals surface area contributed by atoms with E-state index in [0.717, 1.165) is 13.1 Å². The molecule has 1 aromatic heterocycles. The number of nitrogens with zero attached hydrogens (tertiary/aromatic N) is 1. The zero-order valence-electron chi connectivity index (χ0n) is 10.9. The molecule has 7 heteroatoms. The Hall–Kier alpha value is -0.920. The Morgan fingerprint density at radius 2 is 2.22 bits per heavy atom. The van der Waals surface area contributed by atoms with E-state index in [2.05, 4.69) is 20.0 Å². The number of rotatable bonds is 9. The Kier molecular flexibility index (Phi) is 6.31. The highest BCUT2D eigenvalue weighted by atomic mass is 32.2. The fourth-order valence-electron chi connectivity index (χ4n) is 1.64. The summed E-state index contributed by atoms with van der Waals surface area (Å²) in [6.07, 6.45) is 4.59. The number of aromatic amines is 1. The second-order valence-electron chi connectivity index (χ2n) is 4.08. The molecule has 0 saturated heterocycles. The van der Waals surface area contributed by atoms with Gasteiger partial charge in [-0.15, -0.1) is 0 Å². The van der Waals surface area contributed by atoms with Gasteiger partial charge in [0.2, 0.25) is 10.0 Å². The predicted octanol–water partition coefficient (Wildman–Crippen LogP) is 0.780. The van der Waals surface area contributed by atoms with Crippen molar-refractivity contribution in [2.45, 2.75) is 32.7 Å². The van der Waals surface area contributed by atoms with Crippen LogP contribution in [0.1, 0.15) is 38.6 Å². The highest BCUT2D eigenvalue weighted by molar-refractivity contribution is 7.89. The molecule has 6 nitrogen and oxygen atoms in total. The van der Waals surface area contributed by atoms with E-state index in [9.17, 15) is 8.42 Å². The molecule has 104 valence electrons. The highest BCUT2D eigenvalue weighted by Gasteiger charge is 2.19. The minimum atomic E-state index is -3.25. The maximum Gasteiger partial charge on any atom is 0.212 e. The average Bonchev–Trinajstić information content (AvgIpc) is 2.85. The first kappa shape index (κ1) is 15.1. The quantitative estimate of drug-likeness (QED) is 0.581. The van der Waals surface area contributed by atoms with Crippen LogP contribution in [0.25, 0.3) is 0 Å². The van der Waals surface area contributed by atoms with Crippen LogP contribution in [0.2, 0.25) is 0 Å². The van der Waals surface area contributed by atoms with Crippen molar-refractivity contribution < 1.29 is 8.42 Å². The Labute approximate surface area is 109 Å². The van der Waals surface area contributed by atoms with E-state index in [1.165, 1.54) is 0 Å². The molecule has 0 fully saturated rings. The van der Waals surface area contributed by atoms with Gasteiger partial charge in [-0.1, -0.05) is 13.8 Å². The summed E-state index contributed by atoms with van der Waals surface area (Å²) in [5.41, 5.74) is 0. The van der Waals surface area contributed by atoms with Crippen molar-refractivity contribution in [3.05, 3.63) is 18.2 Å². The van der Waals surface area contributed by atoms with Crippen LogP contribution in [0.4, 0.5) is 0 Å². The van der Waals surface area contributed by atoms with Crippen molar-refractivity contribution in [1.82, 2.24) is 20.0 Å². The molecule has 0 bridgehead atoms. The Morgan fingerprint density at radius 1 is 1.44 bits per heavy atom. The smallest absolute Gasteiger partial charge is 0.212 e. The van der Waals surface area contributed by atoms with Crippen LogP contribution in [-0.2, 0) is 10.0 Å². The predicted molar refractivity (Wildman–Crippen MR) is 71.7 cm³/mol. The van der Waals surface area contributed by atoms with E-state index in [4.69, 9.17) is 0 Å². The Bertz CT molecular complexity index is 416. The van der Waals surface area contributed by atoms with Crippen LogP contribution in [-0.4, -0.2) is 37.2 Å². The number of nitrogens with one attached hydrogen (secondary N) is 3. The molecule has 0 amide bonds. The van der Waals surface area contributed by atoms with Gasteiger partial charge in [-0.05, 0) is 25.9 Å². The molecule has 1 unspecified atom stereocenters. The lowest BCUT2D eigenvalue weighted by molar-refractivity contribution is 0.536. The molecule has 0 saturated carbocycles. The van der Waals surface area contributed by atoms with E-state index < -0.39 is 10.0 Å². The standard InChI is InChI=1S/C11H22N4O2S/c1-3-10(11-13-7-8-14-11)15-18(16,17)9-5-6-12-4-2/h7-8,10,12,15H,3-6,9H2,1-2H3,(H,13,14). The molecule has 1 atom stereocenters. The first-order valence-electron chi connectivity index (χ1n) is 6.29. The maximum atomic E-state index is 11.9. The highest BCUT2D eigenvalue weighted by Crippen LogP contribution is 2.12. The van der Waals surface area contributed by atoms with Gasteiger partial charge in [0.05, 0.1) is 11.8 Å². The van der Waals surface area contributed by atoms with Crippen molar-refractivity contribution in [2.75, 3.05) is 18.8 Å². The number of sulfonamides is 1. The summed E-state index contributed by atoms with van der Waals surface area (Å²) in [7, 11) is -3.25. The molecule has 0 aromatic carbocycles. The van der Waals surface area contributed by atoms with E-state index in [1.807, 2.05) is 13.8 Å². The fraction of sp³-hybridized carbons (Fsp3) is 0.727. The second-order valence-corrected chi connectivity index (χ2v) is 5.95. The number of hydrogen-bond acceptors (Lipinski definition) is 4. The van der Waals surface area contributed by atoms with Gasteiger partial charge in [0.15, 0.2) is 0 Å². The van der Waals surface area contributed by atoms with Crippen molar-refractivity contribution >= 4 is 10.0 Å². The first-order valence-corrected chi connectivity index (χ1v) is 7.94. The normalized spacial score (nSPS) is 13.7. The van der Waals surface area contributed by atoms with E-state index in [0.29, 0.717) is 18.7 Å². The van der Waals surface area contributed by atoms with E-state index >= 15 is 0 Å². The topological polar surface area (TPSA) is 86.9 Å². The van der Waals surface area contributed by atoms with Gasteiger partial charge in [-0.2, -0.15) is 0 Å². The van der Waals surface area contributed by atoms with Crippen molar-refractivity contribution in [2.24, 2.45) is 0 Å². The number of H-pyrrole nitrogens is 1. The average molecular weight is 274 g/mol. The first-order chi connectivity index (χ1) is 8.59. The third-order valence-electron chi connectivity index (χ3n) is 2.60. The monoisotopic (exact) mass is 274 g/mol. The number of imidazole rings is 1. The third-order valence-corrected chi connectivity index (χ3v) is 4.07. The Balaban J connectivity index is 2.48. The summed E-state index contributed by atoms with van der Waals surface area (Å²) in [6.45, 7) is 5.50. The molecule has 0 spiro atoms. The molecular weight excluding hydrogens is 252 g/mol.